The molecule has 0 aliphatic carbocycles. The fourth-order valence-corrected chi connectivity index (χ4v) is 0.942. The Morgan fingerprint density at radius 3 is 2.29 bits per heavy atom. The number of phenols is 1. The van der Waals surface area contributed by atoms with E-state index in [0.717, 1.165) is 6.42 Å². The molecule has 0 heterocycles. The first-order chi connectivity index (χ1) is 6.69. The van der Waals surface area contributed by atoms with Crippen LogP contribution in [0.4, 0.5) is 0 Å². The van der Waals surface area contributed by atoms with Gasteiger partial charge in [0.25, 0.3) is 0 Å². The Morgan fingerprint density at radius 2 is 1.86 bits per heavy atom. The monoisotopic (exact) mass is 198 g/mol. The van der Waals surface area contributed by atoms with Crippen LogP contribution in [0.3, 0.4) is 0 Å². The lowest BCUT2D eigenvalue weighted by atomic mass is 10.1. The van der Waals surface area contributed by atoms with E-state index in [9.17, 15) is 5.11 Å². The van der Waals surface area contributed by atoms with Crippen LogP contribution >= 0.6 is 0 Å². The summed E-state index contributed by atoms with van der Waals surface area (Å²) in [5.74, 6) is 0.744. The third-order valence-electron chi connectivity index (χ3n) is 1.65. The van der Waals surface area contributed by atoms with Crippen molar-refractivity contribution in [1.82, 2.24) is 0 Å². The number of aryl methyl sites for hydroxylation is 1. The summed E-state index contributed by atoms with van der Waals surface area (Å²) >= 11 is 0. The third kappa shape index (κ3) is 4.14. The summed E-state index contributed by atoms with van der Waals surface area (Å²) in [6, 6.07) is 5.38. The van der Waals surface area contributed by atoms with Crippen LogP contribution in [0.1, 0.15) is 19.4 Å². The zero-order valence-corrected chi connectivity index (χ0v) is 8.95. The predicted molar refractivity (Wildman–Crippen MR) is 56.8 cm³/mol. The quantitative estimate of drug-likeness (QED) is 0.763. The second-order valence-electron chi connectivity index (χ2n) is 2.68. The summed E-state index contributed by atoms with van der Waals surface area (Å²) < 4.78 is 4.94. The second kappa shape index (κ2) is 7.21. The van der Waals surface area contributed by atoms with Gasteiger partial charge in [0.05, 0.1) is 7.11 Å². The largest absolute Gasteiger partial charge is 0.504 e. The van der Waals surface area contributed by atoms with Crippen LogP contribution in [0.25, 0.3) is 0 Å². The van der Waals surface area contributed by atoms with Crippen molar-refractivity contribution in [1.29, 1.82) is 0 Å². The average Bonchev–Trinajstić information content (AvgIpc) is 2.20. The van der Waals surface area contributed by atoms with Gasteiger partial charge in [-0.1, -0.05) is 13.0 Å². The molecule has 0 unspecified atom stereocenters. The molecule has 1 aromatic rings. The first-order valence-electron chi connectivity index (χ1n) is 4.66. The second-order valence-corrected chi connectivity index (χ2v) is 2.68. The summed E-state index contributed by atoms with van der Waals surface area (Å²) in [5, 5.41) is 16.8. The van der Waals surface area contributed by atoms with Crippen molar-refractivity contribution in [2.24, 2.45) is 0 Å². The molecule has 0 saturated carbocycles. The van der Waals surface area contributed by atoms with Gasteiger partial charge in [-0.3, -0.25) is 0 Å². The van der Waals surface area contributed by atoms with Crippen molar-refractivity contribution in [2.75, 3.05) is 13.7 Å². The molecule has 0 bridgehead atoms. The fourth-order valence-electron chi connectivity index (χ4n) is 0.942. The molecule has 0 atom stereocenters. The number of hydrogen-bond acceptors (Lipinski definition) is 3. The minimum absolute atomic E-state index is 0.199. The number of ether oxygens (including phenoxy) is 1. The minimum atomic E-state index is 0.199. The SMILES string of the molecule is CCO.CCc1ccc(O)c(OC)c1. The van der Waals surface area contributed by atoms with Gasteiger partial charge >= 0.3 is 0 Å². The van der Waals surface area contributed by atoms with E-state index < -0.39 is 0 Å². The van der Waals surface area contributed by atoms with E-state index in [2.05, 4.69) is 6.92 Å². The highest BCUT2D eigenvalue weighted by Gasteiger charge is 1.99. The molecule has 14 heavy (non-hydrogen) atoms. The highest BCUT2D eigenvalue weighted by molar-refractivity contribution is 5.41. The number of phenolic OH excluding ortho intramolecular Hbond substituents is 1. The molecule has 1 rings (SSSR count). The van der Waals surface area contributed by atoms with Crippen molar-refractivity contribution in [3.63, 3.8) is 0 Å². The molecule has 3 nitrogen and oxygen atoms in total. The fraction of sp³-hybridized carbons (Fsp3) is 0.455. The number of benzene rings is 1. The molecule has 0 amide bonds. The Kier molecular flexibility index (Phi) is 6.58. The Bertz CT molecular complexity index is 259. The lowest BCUT2D eigenvalue weighted by molar-refractivity contribution is 0.318. The highest BCUT2D eigenvalue weighted by Crippen LogP contribution is 2.26. The summed E-state index contributed by atoms with van der Waals surface area (Å²) in [5.41, 5.74) is 1.17. The third-order valence-corrected chi connectivity index (χ3v) is 1.65. The molecule has 0 spiro atoms. The first-order valence-corrected chi connectivity index (χ1v) is 4.66. The van der Waals surface area contributed by atoms with E-state index in [4.69, 9.17) is 9.84 Å². The summed E-state index contributed by atoms with van der Waals surface area (Å²) in [4.78, 5) is 0. The molecule has 3 heteroatoms. The number of rotatable bonds is 2. The molecule has 0 fully saturated rings. The van der Waals surface area contributed by atoms with Crippen LogP contribution in [0.2, 0.25) is 0 Å². The smallest absolute Gasteiger partial charge is 0.160 e. The Labute approximate surface area is 85.0 Å². The van der Waals surface area contributed by atoms with Crippen molar-refractivity contribution in [2.45, 2.75) is 20.3 Å². The summed E-state index contributed by atoms with van der Waals surface area (Å²) in [6.45, 7) is 3.99. The standard InChI is InChI=1S/C9H12O2.C2H6O/c1-3-7-4-5-8(10)9(6-7)11-2;1-2-3/h4-6,10H,3H2,1-2H3;3H,2H2,1H3. The maximum atomic E-state index is 9.21. The Hall–Kier alpha value is -1.22. The van der Waals surface area contributed by atoms with Crippen molar-refractivity contribution in [3.8, 4) is 11.5 Å². The highest BCUT2D eigenvalue weighted by atomic mass is 16.5. The number of aliphatic hydroxyl groups is 1. The number of methoxy groups -OCH3 is 1. The van der Waals surface area contributed by atoms with Gasteiger partial charge in [0.2, 0.25) is 0 Å². The van der Waals surface area contributed by atoms with E-state index in [0.29, 0.717) is 5.75 Å². The van der Waals surface area contributed by atoms with Gasteiger partial charge in [-0.05, 0) is 31.0 Å². The normalized spacial score (nSPS) is 8.86. The van der Waals surface area contributed by atoms with E-state index in [-0.39, 0.29) is 12.4 Å². The van der Waals surface area contributed by atoms with Crippen LogP contribution in [0.5, 0.6) is 11.5 Å². The van der Waals surface area contributed by atoms with E-state index >= 15 is 0 Å². The lowest BCUT2D eigenvalue weighted by Gasteiger charge is -2.03. The molecule has 0 aromatic heterocycles. The van der Waals surface area contributed by atoms with Crippen molar-refractivity contribution >= 4 is 0 Å². The van der Waals surface area contributed by atoms with Crippen LogP contribution in [-0.2, 0) is 6.42 Å². The molecule has 80 valence electrons. The number of hydrogen-bond donors (Lipinski definition) is 2. The van der Waals surface area contributed by atoms with E-state index in [1.165, 1.54) is 5.56 Å². The van der Waals surface area contributed by atoms with Crippen molar-refractivity contribution < 1.29 is 14.9 Å². The molecular weight excluding hydrogens is 180 g/mol. The Balaban J connectivity index is 0.000000500. The van der Waals surface area contributed by atoms with E-state index in [1.807, 2.05) is 12.1 Å². The average molecular weight is 198 g/mol. The molecular formula is C11H18O3. The van der Waals surface area contributed by atoms with E-state index in [1.54, 1.807) is 20.1 Å². The molecule has 1 aromatic carbocycles. The van der Waals surface area contributed by atoms with Gasteiger partial charge in [0.15, 0.2) is 11.5 Å². The van der Waals surface area contributed by atoms with Gasteiger partial charge < -0.3 is 14.9 Å². The zero-order chi connectivity index (χ0) is 11.0. The topological polar surface area (TPSA) is 49.7 Å². The first kappa shape index (κ1) is 12.8. The van der Waals surface area contributed by atoms with Gasteiger partial charge in [-0.25, -0.2) is 0 Å². The van der Waals surface area contributed by atoms with Gasteiger partial charge in [-0.2, -0.15) is 0 Å². The van der Waals surface area contributed by atoms with Crippen LogP contribution in [0, 0.1) is 0 Å². The lowest BCUT2D eigenvalue weighted by Crippen LogP contribution is -1.86. The molecule has 2 N–H and O–H groups in total. The molecule has 0 aliphatic rings. The van der Waals surface area contributed by atoms with Gasteiger partial charge in [-0.15, -0.1) is 0 Å². The minimum Gasteiger partial charge on any atom is -0.504 e. The zero-order valence-electron chi connectivity index (χ0n) is 8.95. The molecule has 0 aliphatic heterocycles. The van der Waals surface area contributed by atoms with Crippen LogP contribution in [0.15, 0.2) is 18.2 Å². The van der Waals surface area contributed by atoms with Crippen molar-refractivity contribution in [3.05, 3.63) is 23.8 Å². The van der Waals surface area contributed by atoms with Gasteiger partial charge in [0, 0.05) is 6.61 Å². The predicted octanol–water partition coefficient (Wildman–Crippen LogP) is 1.96. The molecule has 0 saturated heterocycles. The van der Waals surface area contributed by atoms with Crippen LogP contribution in [-0.4, -0.2) is 23.9 Å². The maximum absolute atomic E-state index is 9.21. The number of aliphatic hydroxyl groups excluding tert-OH is 1. The summed E-state index contributed by atoms with van der Waals surface area (Å²) in [7, 11) is 1.55. The Morgan fingerprint density at radius 1 is 1.29 bits per heavy atom. The van der Waals surface area contributed by atoms with Crippen LogP contribution < -0.4 is 4.74 Å². The molecule has 0 radical (unpaired) electrons. The van der Waals surface area contributed by atoms with Gasteiger partial charge in [0.1, 0.15) is 0 Å². The maximum Gasteiger partial charge on any atom is 0.160 e. The number of aromatic hydroxyl groups is 1. The summed E-state index contributed by atoms with van der Waals surface area (Å²) in [6.07, 6.45) is 0.955.